The van der Waals surface area contributed by atoms with Gasteiger partial charge in [0.05, 0.1) is 19.3 Å². The van der Waals surface area contributed by atoms with Crippen LogP contribution in [-0.2, 0) is 11.3 Å². The van der Waals surface area contributed by atoms with Gasteiger partial charge in [0.15, 0.2) is 0 Å². The number of H-pyrrole nitrogens is 1. The maximum atomic E-state index is 5.73. The van der Waals surface area contributed by atoms with Gasteiger partial charge in [-0.1, -0.05) is 12.8 Å². The summed E-state index contributed by atoms with van der Waals surface area (Å²) in [5, 5.41) is 3.29. The highest BCUT2D eigenvalue weighted by atomic mass is 16.5. The summed E-state index contributed by atoms with van der Waals surface area (Å²) in [6.45, 7) is 2.50. The molecule has 1 aromatic heterocycles. The summed E-state index contributed by atoms with van der Waals surface area (Å²) in [5.74, 6) is 0.982. The Bertz CT molecular complexity index is 255. The molecule has 0 saturated heterocycles. The summed E-state index contributed by atoms with van der Waals surface area (Å²) in [5.41, 5.74) is 0. The Kier molecular flexibility index (Phi) is 4.17. The zero-order valence-electron chi connectivity index (χ0n) is 9.04. The predicted octanol–water partition coefficient (Wildman–Crippen LogP) is 1.46. The molecule has 0 bridgehead atoms. The molecule has 1 aromatic rings. The molecule has 84 valence electrons. The summed E-state index contributed by atoms with van der Waals surface area (Å²) in [4.78, 5) is 7.19. The molecule has 4 heteroatoms. The molecular formula is C11H19N3O. The minimum atomic E-state index is 0.524. The van der Waals surface area contributed by atoms with Crippen molar-refractivity contribution in [3.63, 3.8) is 0 Å². The third-order valence-electron chi connectivity index (χ3n) is 2.78. The number of nitrogens with zero attached hydrogens (tertiary/aromatic N) is 1. The van der Waals surface area contributed by atoms with E-state index in [0.29, 0.717) is 6.10 Å². The fourth-order valence-electron chi connectivity index (χ4n) is 1.95. The van der Waals surface area contributed by atoms with Crippen LogP contribution >= 0.6 is 0 Å². The molecule has 0 atom stereocenters. The van der Waals surface area contributed by atoms with Gasteiger partial charge in [0.2, 0.25) is 0 Å². The first-order chi connectivity index (χ1) is 7.45. The minimum absolute atomic E-state index is 0.524. The number of nitrogens with one attached hydrogen (secondary N) is 2. The van der Waals surface area contributed by atoms with E-state index in [-0.39, 0.29) is 0 Å². The van der Waals surface area contributed by atoms with Crippen LogP contribution in [0.3, 0.4) is 0 Å². The van der Waals surface area contributed by atoms with E-state index in [4.69, 9.17) is 4.74 Å². The van der Waals surface area contributed by atoms with Gasteiger partial charge in [-0.05, 0) is 12.8 Å². The first kappa shape index (κ1) is 10.6. The summed E-state index contributed by atoms with van der Waals surface area (Å²) < 4.78 is 5.73. The Morgan fingerprint density at radius 2 is 2.33 bits per heavy atom. The second-order valence-electron chi connectivity index (χ2n) is 3.99. The van der Waals surface area contributed by atoms with Crippen molar-refractivity contribution in [2.24, 2.45) is 0 Å². The molecule has 0 aromatic carbocycles. The second kappa shape index (κ2) is 5.88. The van der Waals surface area contributed by atoms with E-state index in [1.165, 1.54) is 25.7 Å². The summed E-state index contributed by atoms with van der Waals surface area (Å²) >= 11 is 0. The number of hydrogen-bond acceptors (Lipinski definition) is 3. The van der Waals surface area contributed by atoms with Crippen molar-refractivity contribution in [3.8, 4) is 0 Å². The fraction of sp³-hybridized carbons (Fsp3) is 0.727. The highest BCUT2D eigenvalue weighted by molar-refractivity contribution is 4.85. The lowest BCUT2D eigenvalue weighted by Gasteiger charge is -2.10. The Balaban J connectivity index is 1.48. The predicted molar refractivity (Wildman–Crippen MR) is 58.5 cm³/mol. The number of hydrogen-bond donors (Lipinski definition) is 2. The molecular weight excluding hydrogens is 190 g/mol. The van der Waals surface area contributed by atoms with Gasteiger partial charge in [0, 0.05) is 18.9 Å². The molecule has 2 rings (SSSR count). The Labute approximate surface area is 90.4 Å². The average molecular weight is 209 g/mol. The molecule has 1 fully saturated rings. The van der Waals surface area contributed by atoms with Crippen LogP contribution in [-0.4, -0.2) is 29.2 Å². The van der Waals surface area contributed by atoms with Crippen molar-refractivity contribution in [2.75, 3.05) is 13.2 Å². The van der Waals surface area contributed by atoms with Crippen molar-refractivity contribution in [1.82, 2.24) is 15.3 Å². The summed E-state index contributed by atoms with van der Waals surface area (Å²) in [7, 11) is 0. The zero-order valence-corrected chi connectivity index (χ0v) is 9.04. The van der Waals surface area contributed by atoms with E-state index in [0.717, 1.165) is 25.5 Å². The van der Waals surface area contributed by atoms with Gasteiger partial charge in [0.1, 0.15) is 5.82 Å². The SMILES string of the molecule is c1c[nH]c(CNCCOC2CCCC2)n1. The number of imidazole rings is 1. The highest BCUT2D eigenvalue weighted by Gasteiger charge is 2.14. The molecule has 0 aliphatic heterocycles. The maximum Gasteiger partial charge on any atom is 0.120 e. The topological polar surface area (TPSA) is 49.9 Å². The van der Waals surface area contributed by atoms with Gasteiger partial charge in [-0.3, -0.25) is 0 Å². The van der Waals surface area contributed by atoms with Crippen LogP contribution in [0.4, 0.5) is 0 Å². The van der Waals surface area contributed by atoms with E-state index in [2.05, 4.69) is 15.3 Å². The van der Waals surface area contributed by atoms with Crippen molar-refractivity contribution >= 4 is 0 Å². The lowest BCUT2D eigenvalue weighted by atomic mass is 10.3. The first-order valence-electron chi connectivity index (χ1n) is 5.76. The van der Waals surface area contributed by atoms with Crippen LogP contribution in [0, 0.1) is 0 Å². The number of rotatable bonds is 6. The standard InChI is InChI=1S/C11H19N3O/c1-2-4-10(3-1)15-8-7-12-9-11-13-5-6-14-11/h5-6,10,12H,1-4,7-9H2,(H,13,14). The molecule has 1 heterocycles. The molecule has 1 saturated carbocycles. The minimum Gasteiger partial charge on any atom is -0.377 e. The van der Waals surface area contributed by atoms with Crippen LogP contribution in [0.5, 0.6) is 0 Å². The van der Waals surface area contributed by atoms with E-state index >= 15 is 0 Å². The molecule has 4 nitrogen and oxygen atoms in total. The van der Waals surface area contributed by atoms with Gasteiger partial charge in [-0.15, -0.1) is 0 Å². The molecule has 1 aliphatic carbocycles. The van der Waals surface area contributed by atoms with E-state index < -0.39 is 0 Å². The van der Waals surface area contributed by atoms with Crippen molar-refractivity contribution < 1.29 is 4.74 Å². The Morgan fingerprint density at radius 1 is 1.47 bits per heavy atom. The van der Waals surface area contributed by atoms with Gasteiger partial charge in [-0.2, -0.15) is 0 Å². The molecule has 0 unspecified atom stereocenters. The lowest BCUT2D eigenvalue weighted by Crippen LogP contribution is -2.22. The first-order valence-corrected chi connectivity index (χ1v) is 5.76. The molecule has 2 N–H and O–H groups in total. The fourth-order valence-corrected chi connectivity index (χ4v) is 1.95. The van der Waals surface area contributed by atoms with Gasteiger partial charge in [-0.25, -0.2) is 4.98 Å². The molecule has 0 amide bonds. The maximum absolute atomic E-state index is 5.73. The Hall–Kier alpha value is -0.870. The molecule has 1 aliphatic rings. The van der Waals surface area contributed by atoms with E-state index in [9.17, 15) is 0 Å². The third kappa shape index (κ3) is 3.64. The van der Waals surface area contributed by atoms with Gasteiger partial charge in [0.25, 0.3) is 0 Å². The van der Waals surface area contributed by atoms with Crippen LogP contribution < -0.4 is 5.32 Å². The summed E-state index contributed by atoms with van der Waals surface area (Å²) in [6.07, 6.45) is 9.30. The number of aromatic amines is 1. The second-order valence-corrected chi connectivity index (χ2v) is 3.99. The third-order valence-corrected chi connectivity index (χ3v) is 2.78. The smallest absolute Gasteiger partial charge is 0.120 e. The Morgan fingerprint density at radius 3 is 3.07 bits per heavy atom. The van der Waals surface area contributed by atoms with E-state index in [1.807, 2.05) is 6.20 Å². The molecule has 0 radical (unpaired) electrons. The summed E-state index contributed by atoms with van der Waals surface area (Å²) in [6, 6.07) is 0. The number of ether oxygens (including phenoxy) is 1. The van der Waals surface area contributed by atoms with Gasteiger partial charge >= 0.3 is 0 Å². The van der Waals surface area contributed by atoms with Crippen LogP contribution in [0.15, 0.2) is 12.4 Å². The normalized spacial score (nSPS) is 17.3. The highest BCUT2D eigenvalue weighted by Crippen LogP contribution is 2.20. The van der Waals surface area contributed by atoms with E-state index in [1.54, 1.807) is 6.20 Å². The quantitative estimate of drug-likeness (QED) is 0.697. The lowest BCUT2D eigenvalue weighted by molar-refractivity contribution is 0.0602. The zero-order chi connectivity index (χ0) is 10.3. The van der Waals surface area contributed by atoms with Crippen LogP contribution in [0.1, 0.15) is 31.5 Å². The molecule has 0 spiro atoms. The molecule has 15 heavy (non-hydrogen) atoms. The largest absolute Gasteiger partial charge is 0.377 e. The van der Waals surface area contributed by atoms with Crippen LogP contribution in [0.2, 0.25) is 0 Å². The van der Waals surface area contributed by atoms with Crippen molar-refractivity contribution in [1.29, 1.82) is 0 Å². The average Bonchev–Trinajstić information content (AvgIpc) is 2.88. The van der Waals surface area contributed by atoms with Gasteiger partial charge < -0.3 is 15.0 Å². The van der Waals surface area contributed by atoms with Crippen LogP contribution in [0.25, 0.3) is 0 Å². The van der Waals surface area contributed by atoms with Crippen molar-refractivity contribution in [3.05, 3.63) is 18.2 Å². The number of aromatic nitrogens is 2. The monoisotopic (exact) mass is 209 g/mol. The van der Waals surface area contributed by atoms with Crippen molar-refractivity contribution in [2.45, 2.75) is 38.3 Å².